The van der Waals surface area contributed by atoms with Crippen molar-refractivity contribution in [1.82, 2.24) is 4.98 Å². The van der Waals surface area contributed by atoms with E-state index < -0.39 is 5.95 Å². The molecule has 3 heteroatoms. The molecule has 1 aromatic heterocycles. The van der Waals surface area contributed by atoms with Crippen molar-refractivity contribution >= 4 is 0 Å². The van der Waals surface area contributed by atoms with E-state index in [0.717, 1.165) is 42.2 Å². The Bertz CT molecular complexity index is 541. The van der Waals surface area contributed by atoms with Gasteiger partial charge in [0.2, 0.25) is 0 Å². The number of hydrogen-bond donors (Lipinski definition) is 1. The summed E-state index contributed by atoms with van der Waals surface area (Å²) in [6.07, 6.45) is 13.6. The van der Waals surface area contributed by atoms with Gasteiger partial charge in [0, 0.05) is 11.6 Å². The molecule has 3 fully saturated rings. The Kier molecular flexibility index (Phi) is 4.29. The van der Waals surface area contributed by atoms with E-state index in [-0.39, 0.29) is 5.75 Å². The Labute approximate surface area is 138 Å². The van der Waals surface area contributed by atoms with E-state index >= 15 is 0 Å². The van der Waals surface area contributed by atoms with Crippen LogP contribution >= 0.6 is 0 Å². The van der Waals surface area contributed by atoms with Crippen LogP contribution < -0.4 is 0 Å². The number of aromatic nitrogens is 1. The van der Waals surface area contributed by atoms with Crippen LogP contribution in [0.4, 0.5) is 4.39 Å². The third-order valence-electron chi connectivity index (χ3n) is 6.81. The Hall–Kier alpha value is -1.12. The minimum atomic E-state index is -0.719. The van der Waals surface area contributed by atoms with E-state index in [2.05, 4.69) is 4.98 Å². The van der Waals surface area contributed by atoms with Crippen molar-refractivity contribution in [3.63, 3.8) is 0 Å². The van der Waals surface area contributed by atoms with Crippen molar-refractivity contribution in [2.45, 2.75) is 70.1 Å². The predicted molar refractivity (Wildman–Crippen MR) is 88.7 cm³/mol. The summed E-state index contributed by atoms with van der Waals surface area (Å²) in [4.78, 5) is 3.95. The average molecular weight is 317 g/mol. The number of aromatic hydroxyl groups is 1. The zero-order chi connectivity index (χ0) is 15.8. The van der Waals surface area contributed by atoms with Crippen LogP contribution in [-0.2, 0) is 0 Å². The van der Waals surface area contributed by atoms with E-state index in [0.29, 0.717) is 5.92 Å². The molecule has 1 aromatic rings. The highest BCUT2D eigenvalue weighted by Crippen LogP contribution is 2.49. The Balaban J connectivity index is 1.29. The fourth-order valence-electron chi connectivity index (χ4n) is 5.21. The summed E-state index contributed by atoms with van der Waals surface area (Å²) >= 11 is 0. The van der Waals surface area contributed by atoms with Crippen LogP contribution in [0, 0.1) is 29.6 Å². The van der Waals surface area contributed by atoms with Crippen molar-refractivity contribution in [1.29, 1.82) is 0 Å². The van der Waals surface area contributed by atoms with Gasteiger partial charge in [-0.15, -0.1) is 0 Å². The fourth-order valence-corrected chi connectivity index (χ4v) is 5.21. The molecule has 2 nitrogen and oxygen atoms in total. The molecular formula is C20H28FNO. The van der Waals surface area contributed by atoms with Gasteiger partial charge < -0.3 is 5.11 Å². The maximum Gasteiger partial charge on any atom is 0.255 e. The molecule has 0 aliphatic heterocycles. The molecule has 3 aliphatic carbocycles. The van der Waals surface area contributed by atoms with Gasteiger partial charge in [-0.3, -0.25) is 0 Å². The molecule has 0 aromatic carbocycles. The molecule has 0 amide bonds. The van der Waals surface area contributed by atoms with E-state index in [9.17, 15) is 9.50 Å². The molecule has 4 rings (SSSR count). The largest absolute Gasteiger partial charge is 0.504 e. The monoisotopic (exact) mass is 317 g/mol. The molecule has 0 unspecified atom stereocenters. The van der Waals surface area contributed by atoms with E-state index in [1.807, 2.05) is 0 Å². The summed E-state index contributed by atoms with van der Waals surface area (Å²) in [5.41, 5.74) is 0.830. The standard InChI is InChI=1S/C20H28FNO/c21-20-19(23)12-11-18(22-20)17-9-7-16(8-10-17)15-5-3-14(4-6-15)13-1-2-13/h11-17,23H,1-10H2. The molecular weight excluding hydrogens is 289 g/mol. The molecule has 23 heavy (non-hydrogen) atoms. The molecule has 1 heterocycles. The lowest BCUT2D eigenvalue weighted by Gasteiger charge is -2.38. The predicted octanol–water partition coefficient (Wildman–Crippen LogP) is 5.42. The first kappa shape index (κ1) is 15.4. The smallest absolute Gasteiger partial charge is 0.255 e. The van der Waals surface area contributed by atoms with Crippen molar-refractivity contribution in [3.05, 3.63) is 23.8 Å². The second-order valence-corrected chi connectivity index (χ2v) is 8.17. The third kappa shape index (κ3) is 3.39. The van der Waals surface area contributed by atoms with Crippen molar-refractivity contribution < 1.29 is 9.50 Å². The highest BCUT2D eigenvalue weighted by atomic mass is 19.1. The lowest BCUT2D eigenvalue weighted by atomic mass is 9.68. The summed E-state index contributed by atoms with van der Waals surface area (Å²) in [5.74, 6) is 3.28. The van der Waals surface area contributed by atoms with E-state index in [1.165, 1.54) is 57.4 Å². The first-order valence-electron chi connectivity index (χ1n) is 9.56. The first-order valence-corrected chi connectivity index (χ1v) is 9.56. The van der Waals surface area contributed by atoms with Crippen molar-refractivity contribution in [2.24, 2.45) is 23.7 Å². The molecule has 3 aliphatic rings. The van der Waals surface area contributed by atoms with Gasteiger partial charge in [-0.2, -0.15) is 4.39 Å². The highest BCUT2D eigenvalue weighted by molar-refractivity contribution is 5.22. The Morgan fingerprint density at radius 2 is 1.17 bits per heavy atom. The topological polar surface area (TPSA) is 33.1 Å². The number of nitrogens with zero attached hydrogens (tertiary/aromatic N) is 1. The van der Waals surface area contributed by atoms with E-state index in [1.54, 1.807) is 6.07 Å². The van der Waals surface area contributed by atoms with Gasteiger partial charge in [-0.1, -0.05) is 0 Å². The quantitative estimate of drug-likeness (QED) is 0.755. The average Bonchev–Trinajstić information content (AvgIpc) is 3.43. The second-order valence-electron chi connectivity index (χ2n) is 8.17. The maximum atomic E-state index is 13.4. The molecule has 0 saturated heterocycles. The van der Waals surface area contributed by atoms with Crippen LogP contribution in [0.25, 0.3) is 0 Å². The molecule has 3 saturated carbocycles. The summed E-state index contributed by atoms with van der Waals surface area (Å²) in [6.45, 7) is 0. The highest BCUT2D eigenvalue weighted by Gasteiger charge is 2.36. The molecule has 0 radical (unpaired) electrons. The van der Waals surface area contributed by atoms with Gasteiger partial charge in [0.25, 0.3) is 5.95 Å². The van der Waals surface area contributed by atoms with Gasteiger partial charge in [0.1, 0.15) is 0 Å². The Morgan fingerprint density at radius 3 is 1.61 bits per heavy atom. The second kappa shape index (κ2) is 6.41. The minimum Gasteiger partial charge on any atom is -0.504 e. The van der Waals surface area contributed by atoms with Crippen molar-refractivity contribution in [2.75, 3.05) is 0 Å². The number of rotatable bonds is 3. The zero-order valence-corrected chi connectivity index (χ0v) is 13.9. The lowest BCUT2D eigenvalue weighted by Crippen LogP contribution is -2.26. The summed E-state index contributed by atoms with van der Waals surface area (Å²) in [5, 5.41) is 9.28. The van der Waals surface area contributed by atoms with Crippen molar-refractivity contribution in [3.8, 4) is 5.75 Å². The maximum absolute atomic E-state index is 13.4. The van der Waals surface area contributed by atoms with Gasteiger partial charge in [-0.05, 0) is 100 Å². The number of pyridine rings is 1. The van der Waals surface area contributed by atoms with Crippen LogP contribution in [0.2, 0.25) is 0 Å². The third-order valence-corrected chi connectivity index (χ3v) is 6.81. The normalized spacial score (nSPS) is 35.2. The summed E-state index contributed by atoms with van der Waals surface area (Å²) in [6, 6.07) is 3.24. The SMILES string of the molecule is Oc1ccc(C2CCC(C3CCC(C4CC4)CC3)CC2)nc1F. The van der Waals surface area contributed by atoms with Gasteiger partial charge in [-0.25, -0.2) is 4.98 Å². The minimum absolute atomic E-state index is 0.338. The Morgan fingerprint density at radius 1 is 0.739 bits per heavy atom. The molecule has 0 spiro atoms. The number of halogens is 1. The summed E-state index contributed by atoms with van der Waals surface area (Å²) in [7, 11) is 0. The van der Waals surface area contributed by atoms with Crippen LogP contribution in [-0.4, -0.2) is 10.1 Å². The lowest BCUT2D eigenvalue weighted by molar-refractivity contribution is 0.152. The van der Waals surface area contributed by atoms with Gasteiger partial charge in [0.05, 0.1) is 0 Å². The van der Waals surface area contributed by atoms with Crippen LogP contribution in [0.3, 0.4) is 0 Å². The molecule has 0 bridgehead atoms. The van der Waals surface area contributed by atoms with Gasteiger partial charge in [0.15, 0.2) is 5.75 Å². The fraction of sp³-hybridized carbons (Fsp3) is 0.750. The van der Waals surface area contributed by atoms with Gasteiger partial charge >= 0.3 is 0 Å². The van der Waals surface area contributed by atoms with Crippen LogP contribution in [0.1, 0.15) is 75.8 Å². The molecule has 126 valence electrons. The first-order chi connectivity index (χ1) is 11.2. The van der Waals surface area contributed by atoms with Crippen LogP contribution in [0.5, 0.6) is 5.75 Å². The number of hydrogen-bond acceptors (Lipinski definition) is 2. The zero-order valence-electron chi connectivity index (χ0n) is 13.9. The molecule has 0 atom stereocenters. The summed E-state index contributed by atoms with van der Waals surface area (Å²) < 4.78 is 13.4. The van der Waals surface area contributed by atoms with E-state index in [4.69, 9.17) is 0 Å². The van der Waals surface area contributed by atoms with Crippen LogP contribution in [0.15, 0.2) is 12.1 Å². The molecule has 1 N–H and O–H groups in total.